The van der Waals surface area contributed by atoms with E-state index in [2.05, 4.69) is 15.1 Å². The molecule has 10 heteroatoms. The van der Waals surface area contributed by atoms with E-state index in [1.807, 2.05) is 0 Å². The monoisotopic (exact) mass is 274 g/mol. The molecule has 0 spiro atoms. The molecule has 0 fully saturated rings. The number of thioether (sulfide) groups is 1. The number of nitrogens with zero attached hydrogens (tertiary/aromatic N) is 4. The van der Waals surface area contributed by atoms with Crippen molar-refractivity contribution < 1.29 is 19.8 Å². The summed E-state index contributed by atoms with van der Waals surface area (Å²) in [6.45, 7) is 2.03. The van der Waals surface area contributed by atoms with Crippen molar-refractivity contribution in [3.8, 4) is 0 Å². The highest BCUT2D eigenvalue weighted by molar-refractivity contribution is 8.15. The first-order valence-electron chi connectivity index (χ1n) is 4.95. The number of hydrogen-bond acceptors (Lipinski definition) is 4. The van der Waals surface area contributed by atoms with Crippen LogP contribution in [0.1, 0.15) is 13.3 Å². The maximum atomic E-state index is 11.2. The van der Waals surface area contributed by atoms with Gasteiger partial charge >= 0.3 is 11.0 Å². The molecule has 0 amide bonds. The van der Waals surface area contributed by atoms with Gasteiger partial charge in [0.25, 0.3) is 5.96 Å². The van der Waals surface area contributed by atoms with Crippen LogP contribution in [0, 0.1) is 4.91 Å². The van der Waals surface area contributed by atoms with Crippen LogP contribution >= 0.6 is 11.8 Å². The first-order valence-corrected chi connectivity index (χ1v) is 5.93. The molecule has 0 bridgehead atoms. The molecule has 98 valence electrons. The maximum absolute atomic E-state index is 11.2. The lowest BCUT2D eigenvalue weighted by atomic mass is 10.3. The first-order chi connectivity index (χ1) is 8.51. The van der Waals surface area contributed by atoms with Gasteiger partial charge < -0.3 is 10.5 Å². The number of hydrogen-bond donors (Lipinski definition) is 2. The van der Waals surface area contributed by atoms with E-state index in [4.69, 9.17) is 15.7 Å². The van der Waals surface area contributed by atoms with Crippen LogP contribution in [0.5, 0.6) is 0 Å². The van der Waals surface area contributed by atoms with Crippen LogP contribution in [0.2, 0.25) is 0 Å². The first kappa shape index (κ1) is 14.1. The van der Waals surface area contributed by atoms with Gasteiger partial charge in [-0.25, -0.2) is 10.2 Å². The number of aliphatic imine (C=N–C) groups is 2. The fourth-order valence-corrected chi connectivity index (χ4v) is 1.90. The van der Waals surface area contributed by atoms with Gasteiger partial charge in [-0.15, -0.1) is 0 Å². The van der Waals surface area contributed by atoms with Crippen molar-refractivity contribution in [1.82, 2.24) is 0 Å². The zero-order valence-corrected chi connectivity index (χ0v) is 10.4. The highest BCUT2D eigenvalue weighted by atomic mass is 32.2. The number of carbonyl (C=O) groups excluding carboxylic acids is 1. The predicted molar refractivity (Wildman–Crippen MR) is 65.6 cm³/mol. The summed E-state index contributed by atoms with van der Waals surface area (Å²) in [5.74, 6) is -0.289. The highest BCUT2D eigenvalue weighted by Crippen LogP contribution is 2.16. The summed E-state index contributed by atoms with van der Waals surface area (Å²) in [5.41, 5.74) is 5.84. The summed E-state index contributed by atoms with van der Waals surface area (Å²) in [4.78, 5) is 29.0. The molecule has 1 aliphatic heterocycles. The fourth-order valence-electron chi connectivity index (χ4n) is 1.08. The van der Waals surface area contributed by atoms with E-state index in [1.54, 1.807) is 6.92 Å². The molecule has 0 saturated carbocycles. The second-order valence-corrected chi connectivity index (χ2v) is 4.00. The molecule has 0 aromatic heterocycles. The number of hydrazone groups is 1. The van der Waals surface area contributed by atoms with Crippen LogP contribution in [-0.4, -0.2) is 45.4 Å². The number of nitrogens with two attached hydrogens (primary N) is 1. The molecule has 0 aliphatic carbocycles. The zero-order valence-electron chi connectivity index (χ0n) is 9.57. The number of amidine groups is 1. The minimum absolute atomic E-state index is 0.0879. The standard InChI is InChI=1S/C8H12N5O4S/c1-2-17-6(14)3-5-4-18-8(10-5)11-7(9)12-13(15)16/h2-4H2,1H3,(H2,9,12)(H,15,16)/q+1/b11-8-. The molecule has 0 radical (unpaired) electrons. The molecule has 0 aromatic rings. The third-order valence-corrected chi connectivity index (χ3v) is 2.59. The van der Waals surface area contributed by atoms with Gasteiger partial charge in [-0.05, 0) is 6.92 Å². The lowest BCUT2D eigenvalue weighted by Gasteiger charge is -1.99. The molecular weight excluding hydrogens is 262 g/mol. The summed E-state index contributed by atoms with van der Waals surface area (Å²) >= 11 is 1.24. The molecular formula is C8H12N5O4S+. The van der Waals surface area contributed by atoms with Crippen LogP contribution in [0.25, 0.3) is 0 Å². The van der Waals surface area contributed by atoms with E-state index in [9.17, 15) is 9.70 Å². The van der Waals surface area contributed by atoms with Crippen molar-refractivity contribution in [2.75, 3.05) is 12.4 Å². The van der Waals surface area contributed by atoms with Gasteiger partial charge in [0.2, 0.25) is 0 Å². The molecule has 0 saturated heterocycles. The van der Waals surface area contributed by atoms with Crippen LogP contribution in [0.4, 0.5) is 0 Å². The number of carbonyl (C=O) groups is 1. The topological polar surface area (TPSA) is 130 Å². The zero-order chi connectivity index (χ0) is 13.5. The van der Waals surface area contributed by atoms with Crippen molar-refractivity contribution in [1.29, 1.82) is 0 Å². The van der Waals surface area contributed by atoms with Gasteiger partial charge in [-0.3, -0.25) is 4.79 Å². The highest BCUT2D eigenvalue weighted by Gasteiger charge is 2.18. The van der Waals surface area contributed by atoms with E-state index in [0.29, 0.717) is 18.1 Å². The van der Waals surface area contributed by atoms with Crippen molar-refractivity contribution in [3.63, 3.8) is 0 Å². The average molecular weight is 274 g/mol. The Kier molecular flexibility index (Phi) is 5.24. The van der Waals surface area contributed by atoms with Gasteiger partial charge in [-0.1, -0.05) is 11.8 Å². The lowest BCUT2D eigenvalue weighted by Crippen LogP contribution is -2.13. The molecule has 0 unspecified atom stereocenters. The Morgan fingerprint density at radius 2 is 2.44 bits per heavy atom. The van der Waals surface area contributed by atoms with E-state index < -0.39 is 11.0 Å². The normalized spacial score (nSPS) is 17.7. The van der Waals surface area contributed by atoms with E-state index in [-0.39, 0.29) is 17.6 Å². The second kappa shape index (κ2) is 6.69. The minimum atomic E-state index is -0.692. The van der Waals surface area contributed by atoms with Gasteiger partial charge in [0.05, 0.1) is 13.0 Å². The van der Waals surface area contributed by atoms with Gasteiger partial charge in [0.15, 0.2) is 5.17 Å². The summed E-state index contributed by atoms with van der Waals surface area (Å²) in [7, 11) is 0. The summed E-state index contributed by atoms with van der Waals surface area (Å²) < 4.78 is 4.77. The van der Waals surface area contributed by atoms with Crippen molar-refractivity contribution in [2.24, 2.45) is 20.8 Å². The van der Waals surface area contributed by atoms with E-state index >= 15 is 0 Å². The lowest BCUT2D eigenvalue weighted by molar-refractivity contribution is -0.796. The molecule has 0 aromatic carbocycles. The van der Waals surface area contributed by atoms with Gasteiger partial charge in [0, 0.05) is 11.5 Å². The summed E-state index contributed by atoms with van der Waals surface area (Å²) in [6, 6.07) is 0. The Hall–Kier alpha value is -1.97. The van der Waals surface area contributed by atoms with E-state index in [1.165, 1.54) is 11.8 Å². The van der Waals surface area contributed by atoms with Crippen LogP contribution in [0.3, 0.4) is 0 Å². The minimum Gasteiger partial charge on any atom is -0.466 e. The molecule has 0 atom stereocenters. The molecule has 18 heavy (non-hydrogen) atoms. The summed E-state index contributed by atoms with van der Waals surface area (Å²) in [5, 5.41) is 10.8. The number of rotatable bonds is 4. The Labute approximate surface area is 106 Å². The fraction of sp³-hybridized carbons (Fsp3) is 0.500. The Bertz CT molecular complexity index is 445. The second-order valence-electron chi connectivity index (χ2n) is 3.05. The van der Waals surface area contributed by atoms with Crippen molar-refractivity contribution in [2.45, 2.75) is 13.3 Å². The third kappa shape index (κ3) is 4.91. The number of ether oxygens (including phenoxy) is 1. The maximum Gasteiger partial charge on any atom is 0.391 e. The van der Waals surface area contributed by atoms with Gasteiger partial charge in [0.1, 0.15) is 10.0 Å². The quantitative estimate of drug-likeness (QED) is 0.318. The van der Waals surface area contributed by atoms with Gasteiger partial charge in [-0.2, -0.15) is 4.99 Å². The molecule has 1 heterocycles. The molecule has 1 aliphatic rings. The Balaban J connectivity index is 2.62. The SMILES string of the molecule is CCOC(=O)CC1=N/C(=N/C(N)=N/[N+](=O)O)SC1. The molecule has 9 nitrogen and oxygen atoms in total. The largest absolute Gasteiger partial charge is 0.466 e. The van der Waals surface area contributed by atoms with E-state index in [0.717, 1.165) is 0 Å². The summed E-state index contributed by atoms with van der Waals surface area (Å²) in [6.07, 6.45) is 0.0879. The Morgan fingerprint density at radius 1 is 1.72 bits per heavy atom. The van der Waals surface area contributed by atoms with Crippen LogP contribution < -0.4 is 5.73 Å². The average Bonchev–Trinajstić information content (AvgIpc) is 2.64. The number of guanidine groups is 1. The Morgan fingerprint density at radius 3 is 3.06 bits per heavy atom. The number of esters is 1. The molecule has 1 rings (SSSR count). The smallest absolute Gasteiger partial charge is 0.391 e. The predicted octanol–water partition coefficient (Wildman–Crippen LogP) is -0.119. The van der Waals surface area contributed by atoms with Crippen LogP contribution in [-0.2, 0) is 9.53 Å². The third-order valence-electron chi connectivity index (χ3n) is 1.67. The molecule has 3 N–H and O–H groups in total. The van der Waals surface area contributed by atoms with Crippen molar-refractivity contribution >= 4 is 34.6 Å². The van der Waals surface area contributed by atoms with Crippen LogP contribution in [0.15, 0.2) is 15.1 Å². The van der Waals surface area contributed by atoms with Crippen molar-refractivity contribution in [3.05, 3.63) is 4.91 Å².